The predicted molar refractivity (Wildman–Crippen MR) is 136 cm³/mol. The highest BCUT2D eigenvalue weighted by Gasteiger charge is 2.54. The van der Waals surface area contributed by atoms with E-state index in [1.54, 1.807) is 12.1 Å². The normalized spacial score (nSPS) is 36.6. The van der Waals surface area contributed by atoms with Crippen molar-refractivity contribution in [3.8, 4) is 0 Å². The number of phosphoric ester groups is 1. The second-order valence-electron chi connectivity index (χ2n) is 9.73. The summed E-state index contributed by atoms with van der Waals surface area (Å²) >= 11 is 0. The highest BCUT2D eigenvalue weighted by atomic mass is 32.3. The number of aromatic nitrogens is 7. The van der Waals surface area contributed by atoms with Gasteiger partial charge >= 0.3 is 18.2 Å². The van der Waals surface area contributed by atoms with Crippen molar-refractivity contribution in [2.45, 2.75) is 49.1 Å². The topological polar surface area (TPSA) is 247 Å². The van der Waals surface area contributed by atoms with Crippen LogP contribution in [0.25, 0.3) is 22.3 Å². The van der Waals surface area contributed by atoms with E-state index < -0.39 is 80.6 Å². The second kappa shape index (κ2) is 10.4. The molecule has 4 aromatic rings. The molecule has 9 unspecified atom stereocenters. The monoisotopic (exact) mass is 644 g/mol. The van der Waals surface area contributed by atoms with Gasteiger partial charge in [-0.25, -0.2) is 42.2 Å². The number of phosphoric acid groups is 1. The third-order valence-corrected chi connectivity index (χ3v) is 8.98. The fourth-order valence-electron chi connectivity index (χ4n) is 5.14. The molecule has 4 N–H and O–H groups in total. The van der Waals surface area contributed by atoms with E-state index in [0.717, 1.165) is 17.2 Å². The van der Waals surface area contributed by atoms with Crippen molar-refractivity contribution in [1.82, 2.24) is 34.1 Å². The van der Waals surface area contributed by atoms with E-state index in [9.17, 15) is 23.0 Å². The maximum atomic E-state index is 15.8. The van der Waals surface area contributed by atoms with Crippen LogP contribution in [0.15, 0.2) is 37.3 Å². The van der Waals surface area contributed by atoms with Gasteiger partial charge in [-0.15, -0.1) is 0 Å². The molecular weight excluding hydrogens is 622 g/mol. The molecule has 0 aromatic carbocycles. The number of nitrogens with two attached hydrogens (primary N) is 1. The Morgan fingerprint density at radius 3 is 2.60 bits per heavy atom. The zero-order chi connectivity index (χ0) is 30.1. The summed E-state index contributed by atoms with van der Waals surface area (Å²) in [5, 5.41) is 10.9. The second-order valence-corrected chi connectivity index (χ2v) is 12.4. The van der Waals surface area contributed by atoms with Crippen LogP contribution in [0.3, 0.4) is 0 Å². The molecule has 43 heavy (non-hydrogen) atoms. The summed E-state index contributed by atoms with van der Waals surface area (Å²) in [6.45, 7) is -1.71. The van der Waals surface area contributed by atoms with E-state index in [-0.39, 0.29) is 22.6 Å². The fraction of sp³-hybridized carbons (Fsp3) is 0.476. The van der Waals surface area contributed by atoms with Crippen LogP contribution in [-0.2, 0) is 41.9 Å². The van der Waals surface area contributed by atoms with E-state index >= 15 is 4.39 Å². The maximum Gasteiger partial charge on any atom is 0.472 e. The highest BCUT2D eigenvalue weighted by Crippen LogP contribution is 2.50. The van der Waals surface area contributed by atoms with Crippen LogP contribution in [-0.4, -0.2) is 102 Å². The first kappa shape index (κ1) is 28.5. The van der Waals surface area contributed by atoms with Crippen molar-refractivity contribution in [3.05, 3.63) is 37.3 Å². The highest BCUT2D eigenvalue weighted by molar-refractivity contribution is 7.81. The molecule has 2 bridgehead atoms. The number of aliphatic hydroxyl groups is 1. The van der Waals surface area contributed by atoms with E-state index in [2.05, 4.69) is 24.9 Å². The molecule has 22 heteroatoms. The van der Waals surface area contributed by atoms with Crippen molar-refractivity contribution in [2.75, 3.05) is 18.9 Å². The molecule has 0 spiro atoms. The summed E-state index contributed by atoms with van der Waals surface area (Å²) in [6.07, 6.45) is -8.32. The molecule has 0 aliphatic carbocycles. The molecule has 3 saturated heterocycles. The Bertz CT molecular complexity index is 1840. The summed E-state index contributed by atoms with van der Waals surface area (Å²) < 4.78 is 89.1. The predicted octanol–water partition coefficient (Wildman–Crippen LogP) is -0.490. The van der Waals surface area contributed by atoms with Gasteiger partial charge in [0.15, 0.2) is 41.8 Å². The van der Waals surface area contributed by atoms with Crippen molar-refractivity contribution in [3.63, 3.8) is 0 Å². The van der Waals surface area contributed by atoms with Gasteiger partial charge in [-0.05, 0) is 12.1 Å². The summed E-state index contributed by atoms with van der Waals surface area (Å²) in [7, 11) is -10.0. The summed E-state index contributed by atoms with van der Waals surface area (Å²) in [5.74, 6) is 0.00705. The summed E-state index contributed by atoms with van der Waals surface area (Å²) in [6, 6.07) is 3.28. The number of fused-ring (bicyclic) bond motifs is 5. The van der Waals surface area contributed by atoms with Gasteiger partial charge < -0.3 is 25.2 Å². The molecular formula is C21H22FN8O11PS. The first-order chi connectivity index (χ1) is 20.5. The SMILES string of the molecule is Nc1ncnc2c1ncn2C1OC2COS(=O)(=O)OC3C(O)C(COP(=O)(O)OC2C1F)OC3n1cnc2cccnc21. The van der Waals surface area contributed by atoms with Gasteiger partial charge in [0.1, 0.15) is 41.8 Å². The number of alkyl halides is 1. The molecule has 0 radical (unpaired) electrons. The Morgan fingerprint density at radius 2 is 1.77 bits per heavy atom. The van der Waals surface area contributed by atoms with Gasteiger partial charge in [0.05, 0.1) is 25.9 Å². The van der Waals surface area contributed by atoms with Gasteiger partial charge in [-0.2, -0.15) is 8.42 Å². The number of pyridine rings is 1. The van der Waals surface area contributed by atoms with Crippen LogP contribution in [0, 0.1) is 0 Å². The Hall–Kier alpha value is -3.24. The van der Waals surface area contributed by atoms with E-state index in [0.29, 0.717) is 5.52 Å². The molecule has 7 heterocycles. The summed E-state index contributed by atoms with van der Waals surface area (Å²) in [4.78, 5) is 30.8. The van der Waals surface area contributed by atoms with Crippen LogP contribution in [0.5, 0.6) is 0 Å². The molecule has 0 amide bonds. The standard InChI is InChI=1S/C21H22FN8O11PS/c22-12-15-11(39-20(12)30-8-28-13-17(23)25-6-26-19(13)30)5-37-43(34,35)41-16-14(31)10(4-36-42(32,33)40-15)38-21(16)29-7-27-9-2-1-3-24-18(9)29/h1-3,6-8,10-12,14-16,20-21,31H,4-5H2,(H,32,33)(H2,23,25,26). The fourth-order valence-corrected chi connectivity index (χ4v) is 6.93. The van der Waals surface area contributed by atoms with E-state index in [1.165, 1.54) is 17.1 Å². The average Bonchev–Trinajstić information content (AvgIpc) is 3.72. The number of hydrogen-bond donors (Lipinski definition) is 3. The van der Waals surface area contributed by atoms with E-state index in [4.69, 9.17) is 32.6 Å². The van der Waals surface area contributed by atoms with E-state index in [1.807, 2.05) is 0 Å². The first-order valence-electron chi connectivity index (χ1n) is 12.6. The average molecular weight is 644 g/mol. The molecule has 3 fully saturated rings. The molecule has 7 rings (SSSR count). The van der Waals surface area contributed by atoms with Crippen molar-refractivity contribution in [2.24, 2.45) is 0 Å². The van der Waals surface area contributed by atoms with Crippen molar-refractivity contribution < 1.29 is 54.3 Å². The quantitative estimate of drug-likeness (QED) is 0.233. The lowest BCUT2D eigenvalue weighted by atomic mass is 10.1. The largest absolute Gasteiger partial charge is 0.472 e. The molecule has 9 atom stereocenters. The van der Waals surface area contributed by atoms with Gasteiger partial charge in [-0.3, -0.25) is 18.2 Å². The summed E-state index contributed by atoms with van der Waals surface area (Å²) in [5.41, 5.74) is 6.71. The molecule has 4 aromatic heterocycles. The number of hydrogen-bond acceptors (Lipinski definition) is 16. The van der Waals surface area contributed by atoms with Crippen LogP contribution < -0.4 is 5.73 Å². The Kier molecular flexibility index (Phi) is 6.93. The van der Waals surface area contributed by atoms with Gasteiger partial charge in [0.25, 0.3) is 0 Å². The minimum atomic E-state index is -5.09. The van der Waals surface area contributed by atoms with Crippen molar-refractivity contribution >= 4 is 46.4 Å². The van der Waals surface area contributed by atoms with Crippen LogP contribution in [0.1, 0.15) is 12.5 Å². The third kappa shape index (κ3) is 5.06. The van der Waals surface area contributed by atoms with Gasteiger partial charge in [-0.1, -0.05) is 0 Å². The Labute approximate surface area is 240 Å². The zero-order valence-electron chi connectivity index (χ0n) is 21.5. The minimum absolute atomic E-state index is 0.00705. The van der Waals surface area contributed by atoms with Crippen LogP contribution >= 0.6 is 7.82 Å². The number of nitrogens with zero attached hydrogens (tertiary/aromatic N) is 7. The maximum absolute atomic E-state index is 15.8. The number of imidazole rings is 2. The molecule has 3 aliphatic rings. The smallest absolute Gasteiger partial charge is 0.387 e. The number of aliphatic hydroxyl groups excluding tert-OH is 1. The molecule has 0 saturated carbocycles. The molecule has 19 nitrogen and oxygen atoms in total. The van der Waals surface area contributed by atoms with Gasteiger partial charge in [0, 0.05) is 6.20 Å². The number of nitrogen functional groups attached to an aromatic ring is 1. The number of anilines is 1. The molecule has 3 aliphatic heterocycles. The lowest BCUT2D eigenvalue weighted by Crippen LogP contribution is -2.38. The number of rotatable bonds is 2. The Morgan fingerprint density at radius 1 is 1.00 bits per heavy atom. The minimum Gasteiger partial charge on any atom is -0.387 e. The molecule has 230 valence electrons. The van der Waals surface area contributed by atoms with Gasteiger partial charge in [0.2, 0.25) is 0 Å². The zero-order valence-corrected chi connectivity index (χ0v) is 23.2. The Balaban J connectivity index is 1.20. The lowest BCUT2D eigenvalue weighted by Gasteiger charge is -2.23. The van der Waals surface area contributed by atoms with Crippen molar-refractivity contribution in [1.29, 1.82) is 0 Å². The lowest BCUT2D eigenvalue weighted by molar-refractivity contribution is -0.0617. The van der Waals surface area contributed by atoms with Crippen LogP contribution in [0.4, 0.5) is 10.2 Å². The number of halogens is 1. The third-order valence-electron chi connectivity index (χ3n) is 7.11. The van der Waals surface area contributed by atoms with Crippen LogP contribution in [0.2, 0.25) is 0 Å². The first-order valence-corrected chi connectivity index (χ1v) is 15.4. The number of ether oxygens (including phenoxy) is 2.